The number of rotatable bonds is 7. The molecule has 1 aromatic heterocycles. The number of halogens is 3. The van der Waals surface area contributed by atoms with Crippen LogP contribution < -0.4 is 0 Å². The normalized spacial score (nSPS) is 12.1. The van der Waals surface area contributed by atoms with Gasteiger partial charge in [-0.15, -0.1) is 0 Å². The molecule has 2 nitrogen and oxygen atoms in total. The predicted molar refractivity (Wildman–Crippen MR) is 86.2 cm³/mol. The molecule has 0 aliphatic heterocycles. The summed E-state index contributed by atoms with van der Waals surface area (Å²) in [6.45, 7) is 4.31. The van der Waals surface area contributed by atoms with Gasteiger partial charge in [-0.25, -0.2) is 0 Å². The van der Waals surface area contributed by atoms with Crippen LogP contribution >= 0.6 is 43.5 Å². The fraction of sp³-hybridized carbons (Fsp3) is 0.769. The van der Waals surface area contributed by atoms with Crippen molar-refractivity contribution >= 4 is 43.5 Å². The lowest BCUT2D eigenvalue weighted by Crippen LogP contribution is -2.28. The van der Waals surface area contributed by atoms with Crippen molar-refractivity contribution in [1.82, 2.24) is 9.78 Å². The molecule has 5 heteroatoms. The van der Waals surface area contributed by atoms with Crippen LogP contribution in [0.5, 0.6) is 0 Å². The number of nitrogens with zero attached hydrogens (tertiary/aromatic N) is 2. The van der Waals surface area contributed by atoms with Crippen LogP contribution in [0.3, 0.4) is 0 Å². The Balaban J connectivity index is 3.04. The second kappa shape index (κ2) is 7.30. The highest BCUT2D eigenvalue weighted by Gasteiger charge is 2.30. The van der Waals surface area contributed by atoms with Gasteiger partial charge >= 0.3 is 0 Å². The van der Waals surface area contributed by atoms with Crippen molar-refractivity contribution in [2.24, 2.45) is 12.5 Å². The topological polar surface area (TPSA) is 17.8 Å². The zero-order chi connectivity index (χ0) is 13.8. The molecule has 0 spiro atoms. The van der Waals surface area contributed by atoms with Crippen LogP contribution in [-0.4, -0.2) is 20.4 Å². The van der Waals surface area contributed by atoms with Gasteiger partial charge in [0.1, 0.15) is 0 Å². The van der Waals surface area contributed by atoms with Crippen molar-refractivity contribution in [3.8, 4) is 0 Å². The summed E-state index contributed by atoms with van der Waals surface area (Å²) in [6.07, 6.45) is 4.19. The standard InChI is InChI=1S/C13H21Br2ClN2/c1-4-6-13(8-14,9-15)7-11-12(16)10(5-2)17-18(11)3/h4-9H2,1-3H3. The summed E-state index contributed by atoms with van der Waals surface area (Å²) in [6, 6.07) is 0. The van der Waals surface area contributed by atoms with Gasteiger partial charge in [0, 0.05) is 17.7 Å². The maximum absolute atomic E-state index is 6.44. The minimum Gasteiger partial charge on any atom is -0.271 e. The van der Waals surface area contributed by atoms with Crippen molar-refractivity contribution in [1.29, 1.82) is 0 Å². The van der Waals surface area contributed by atoms with Crippen molar-refractivity contribution in [3.63, 3.8) is 0 Å². The van der Waals surface area contributed by atoms with E-state index in [-0.39, 0.29) is 5.41 Å². The Kier molecular flexibility index (Phi) is 6.70. The third kappa shape index (κ3) is 3.51. The van der Waals surface area contributed by atoms with E-state index in [1.54, 1.807) is 0 Å². The molecule has 0 unspecified atom stereocenters. The molecule has 0 aromatic carbocycles. The van der Waals surface area contributed by atoms with Crippen LogP contribution in [0, 0.1) is 5.41 Å². The van der Waals surface area contributed by atoms with Crippen LogP contribution in [-0.2, 0) is 19.9 Å². The molecule has 1 rings (SSSR count). The summed E-state index contributed by atoms with van der Waals surface area (Å²) in [4.78, 5) is 0. The molecule has 0 aliphatic rings. The first-order valence-electron chi connectivity index (χ1n) is 6.35. The number of aromatic nitrogens is 2. The molecule has 0 atom stereocenters. The average Bonchev–Trinajstić information content (AvgIpc) is 2.65. The maximum Gasteiger partial charge on any atom is 0.0849 e. The second-order valence-electron chi connectivity index (χ2n) is 4.88. The fourth-order valence-corrected chi connectivity index (χ4v) is 4.50. The van der Waals surface area contributed by atoms with Crippen molar-refractivity contribution < 1.29 is 0 Å². The zero-order valence-corrected chi connectivity index (χ0v) is 15.2. The lowest BCUT2D eigenvalue weighted by atomic mass is 9.83. The van der Waals surface area contributed by atoms with E-state index in [0.717, 1.165) is 39.9 Å². The third-order valence-corrected chi connectivity index (χ3v) is 6.21. The van der Waals surface area contributed by atoms with Gasteiger partial charge in [-0.05, 0) is 24.7 Å². The highest BCUT2D eigenvalue weighted by Crippen LogP contribution is 2.35. The van der Waals surface area contributed by atoms with E-state index in [2.05, 4.69) is 50.8 Å². The molecule has 104 valence electrons. The molecule has 0 fully saturated rings. The first-order chi connectivity index (χ1) is 8.53. The van der Waals surface area contributed by atoms with E-state index in [0.29, 0.717) is 0 Å². The molecule has 0 radical (unpaired) electrons. The van der Waals surface area contributed by atoms with E-state index < -0.39 is 0 Å². The summed E-state index contributed by atoms with van der Waals surface area (Å²) in [7, 11) is 1.99. The van der Waals surface area contributed by atoms with Gasteiger partial charge in [0.2, 0.25) is 0 Å². The first kappa shape index (κ1) is 16.5. The summed E-state index contributed by atoms with van der Waals surface area (Å²) in [5.41, 5.74) is 2.38. The van der Waals surface area contributed by atoms with Gasteiger partial charge in [0.15, 0.2) is 0 Å². The maximum atomic E-state index is 6.44. The monoisotopic (exact) mass is 398 g/mol. The average molecular weight is 401 g/mol. The molecule has 0 bridgehead atoms. The van der Waals surface area contributed by atoms with Crippen LogP contribution in [0.1, 0.15) is 38.1 Å². The van der Waals surface area contributed by atoms with Gasteiger partial charge in [-0.2, -0.15) is 5.10 Å². The summed E-state index contributed by atoms with van der Waals surface area (Å²) >= 11 is 13.8. The molecule has 1 heterocycles. The Hall–Kier alpha value is 0.460. The highest BCUT2D eigenvalue weighted by atomic mass is 79.9. The molecule has 0 N–H and O–H groups in total. The molecular formula is C13H21Br2ClN2. The fourth-order valence-electron chi connectivity index (χ4n) is 2.25. The van der Waals surface area contributed by atoms with Gasteiger partial charge in [-0.3, -0.25) is 4.68 Å². The summed E-state index contributed by atoms with van der Waals surface area (Å²) in [5, 5.41) is 7.29. The zero-order valence-electron chi connectivity index (χ0n) is 11.3. The lowest BCUT2D eigenvalue weighted by Gasteiger charge is -2.29. The Morgan fingerprint density at radius 1 is 1.28 bits per heavy atom. The van der Waals surface area contributed by atoms with Crippen molar-refractivity contribution in [2.45, 2.75) is 39.5 Å². The quantitative estimate of drug-likeness (QED) is 0.604. The van der Waals surface area contributed by atoms with Gasteiger partial charge < -0.3 is 0 Å². The largest absolute Gasteiger partial charge is 0.271 e. The SMILES string of the molecule is CCCC(CBr)(CBr)Cc1c(Cl)c(CC)nn1C. The smallest absolute Gasteiger partial charge is 0.0849 e. The van der Waals surface area contributed by atoms with Crippen LogP contribution in [0.15, 0.2) is 0 Å². The minimum atomic E-state index is 0.219. The van der Waals surface area contributed by atoms with Crippen molar-refractivity contribution in [2.75, 3.05) is 10.7 Å². The molecule has 0 saturated carbocycles. The number of aryl methyl sites for hydroxylation is 2. The van der Waals surface area contributed by atoms with Gasteiger partial charge in [0.25, 0.3) is 0 Å². The van der Waals surface area contributed by atoms with E-state index >= 15 is 0 Å². The van der Waals surface area contributed by atoms with E-state index in [9.17, 15) is 0 Å². The summed E-state index contributed by atoms with van der Waals surface area (Å²) < 4.78 is 1.94. The molecular weight excluding hydrogens is 379 g/mol. The molecule has 0 saturated heterocycles. The molecule has 18 heavy (non-hydrogen) atoms. The predicted octanol–water partition coefficient (Wildman–Crippen LogP) is 4.75. The Bertz CT molecular complexity index is 387. The molecule has 0 aliphatic carbocycles. The van der Waals surface area contributed by atoms with Gasteiger partial charge in [0.05, 0.1) is 16.4 Å². The Morgan fingerprint density at radius 2 is 1.89 bits per heavy atom. The lowest BCUT2D eigenvalue weighted by molar-refractivity contribution is 0.343. The third-order valence-electron chi connectivity index (χ3n) is 3.39. The van der Waals surface area contributed by atoms with Crippen LogP contribution in [0.4, 0.5) is 0 Å². The number of hydrogen-bond donors (Lipinski definition) is 0. The van der Waals surface area contributed by atoms with Crippen molar-refractivity contribution in [3.05, 3.63) is 16.4 Å². The minimum absolute atomic E-state index is 0.219. The molecule has 0 amide bonds. The first-order valence-corrected chi connectivity index (χ1v) is 8.97. The highest BCUT2D eigenvalue weighted by molar-refractivity contribution is 9.09. The number of hydrogen-bond acceptors (Lipinski definition) is 1. The van der Waals surface area contributed by atoms with Crippen LogP contribution in [0.2, 0.25) is 5.02 Å². The van der Waals surface area contributed by atoms with E-state index in [4.69, 9.17) is 11.6 Å². The van der Waals surface area contributed by atoms with Gasteiger partial charge in [-0.1, -0.05) is 63.7 Å². The number of alkyl halides is 2. The molecule has 1 aromatic rings. The Morgan fingerprint density at radius 3 is 2.28 bits per heavy atom. The van der Waals surface area contributed by atoms with E-state index in [1.807, 2.05) is 11.7 Å². The summed E-state index contributed by atoms with van der Waals surface area (Å²) in [5.74, 6) is 0. The van der Waals surface area contributed by atoms with E-state index in [1.165, 1.54) is 12.8 Å². The second-order valence-corrected chi connectivity index (χ2v) is 6.38. The van der Waals surface area contributed by atoms with Crippen LogP contribution in [0.25, 0.3) is 0 Å². The Labute approximate surface area is 132 Å².